The van der Waals surface area contributed by atoms with Crippen molar-refractivity contribution in [1.82, 2.24) is 14.9 Å². The maximum absolute atomic E-state index is 12.3. The number of hydrogen-bond acceptors (Lipinski definition) is 5. The highest BCUT2D eigenvalue weighted by atomic mass is 35.5. The van der Waals surface area contributed by atoms with Crippen LogP contribution in [0.4, 0.5) is 10.6 Å². The zero-order valence-electron chi connectivity index (χ0n) is 16.8. The van der Waals surface area contributed by atoms with Gasteiger partial charge in [-0.3, -0.25) is 0 Å². The first-order chi connectivity index (χ1) is 12.7. The van der Waals surface area contributed by atoms with Crippen LogP contribution in [0.1, 0.15) is 64.9 Å². The number of carbonyl (C=O) groups is 1. The number of halogens is 1. The number of rotatable bonds is 2. The van der Waals surface area contributed by atoms with Crippen molar-refractivity contribution in [2.24, 2.45) is 5.41 Å². The van der Waals surface area contributed by atoms with Gasteiger partial charge in [-0.1, -0.05) is 0 Å². The van der Waals surface area contributed by atoms with E-state index in [4.69, 9.17) is 16.3 Å². The summed E-state index contributed by atoms with van der Waals surface area (Å²) in [6.07, 6.45) is 8.32. The average Bonchev–Trinajstić information content (AvgIpc) is 2.59. The highest BCUT2D eigenvalue weighted by molar-refractivity contribution is 6.28. The van der Waals surface area contributed by atoms with Crippen LogP contribution >= 0.6 is 11.6 Å². The number of aromatic nitrogens is 2. The van der Waals surface area contributed by atoms with Gasteiger partial charge in [0.2, 0.25) is 5.28 Å². The molecule has 3 rings (SSSR count). The van der Waals surface area contributed by atoms with E-state index >= 15 is 0 Å². The molecule has 150 valence electrons. The monoisotopic (exact) mass is 394 g/mol. The van der Waals surface area contributed by atoms with Crippen molar-refractivity contribution in [3.63, 3.8) is 0 Å². The Kier molecular flexibility index (Phi) is 5.84. The Morgan fingerprint density at radius 3 is 2.48 bits per heavy atom. The molecule has 1 aliphatic heterocycles. The predicted octanol–water partition coefficient (Wildman–Crippen LogP) is 4.81. The summed E-state index contributed by atoms with van der Waals surface area (Å²) in [5.41, 5.74) is 0.956. The van der Waals surface area contributed by atoms with Gasteiger partial charge in [0, 0.05) is 30.9 Å². The van der Waals surface area contributed by atoms with Gasteiger partial charge in [-0.2, -0.15) is 0 Å². The smallest absolute Gasteiger partial charge is 0.410 e. The Hall–Kier alpha value is -1.56. The van der Waals surface area contributed by atoms with E-state index in [-0.39, 0.29) is 11.4 Å². The molecule has 2 fully saturated rings. The van der Waals surface area contributed by atoms with Gasteiger partial charge in [-0.05, 0) is 83.2 Å². The maximum atomic E-state index is 12.3. The lowest BCUT2D eigenvalue weighted by Gasteiger charge is -2.46. The summed E-state index contributed by atoms with van der Waals surface area (Å²) < 4.78 is 5.51. The van der Waals surface area contributed by atoms with Crippen molar-refractivity contribution in [1.29, 1.82) is 0 Å². The molecule has 1 saturated heterocycles. The SMILES string of the molecule is Cc1cnc(Cl)nc1NC1CCC2(CC1)CCN(C(=O)OC(C)(C)C)CC2. The van der Waals surface area contributed by atoms with Crippen LogP contribution in [0.25, 0.3) is 0 Å². The summed E-state index contributed by atoms with van der Waals surface area (Å²) in [6.45, 7) is 9.34. The van der Waals surface area contributed by atoms with Crippen molar-refractivity contribution in [2.75, 3.05) is 18.4 Å². The largest absolute Gasteiger partial charge is 0.444 e. The van der Waals surface area contributed by atoms with E-state index in [9.17, 15) is 4.79 Å². The van der Waals surface area contributed by atoms with E-state index in [0.29, 0.717) is 11.5 Å². The quantitative estimate of drug-likeness (QED) is 0.729. The third kappa shape index (κ3) is 5.24. The number of nitrogens with one attached hydrogen (secondary N) is 1. The topological polar surface area (TPSA) is 67.4 Å². The van der Waals surface area contributed by atoms with Gasteiger partial charge in [0.25, 0.3) is 0 Å². The van der Waals surface area contributed by atoms with E-state index in [1.807, 2.05) is 32.6 Å². The first-order valence-electron chi connectivity index (χ1n) is 9.89. The van der Waals surface area contributed by atoms with E-state index in [0.717, 1.165) is 50.2 Å². The lowest BCUT2D eigenvalue weighted by atomic mass is 9.67. The molecule has 1 aromatic heterocycles. The van der Waals surface area contributed by atoms with E-state index in [2.05, 4.69) is 15.3 Å². The molecule has 1 N–H and O–H groups in total. The minimum atomic E-state index is -0.433. The van der Waals surface area contributed by atoms with Crippen LogP contribution in [0, 0.1) is 12.3 Å². The third-order valence-electron chi connectivity index (χ3n) is 5.81. The number of aryl methyl sites for hydroxylation is 1. The average molecular weight is 395 g/mol. The number of amides is 1. The van der Waals surface area contributed by atoms with E-state index in [1.165, 1.54) is 12.8 Å². The molecule has 0 atom stereocenters. The van der Waals surface area contributed by atoms with Crippen molar-refractivity contribution in [3.05, 3.63) is 17.0 Å². The van der Waals surface area contributed by atoms with Crippen LogP contribution in [-0.4, -0.2) is 45.7 Å². The van der Waals surface area contributed by atoms with Gasteiger partial charge in [0.05, 0.1) is 0 Å². The molecule has 6 nitrogen and oxygen atoms in total. The number of likely N-dealkylation sites (tertiary alicyclic amines) is 1. The van der Waals surface area contributed by atoms with Crippen molar-refractivity contribution >= 4 is 23.5 Å². The summed E-state index contributed by atoms with van der Waals surface area (Å²) >= 11 is 5.93. The molecule has 7 heteroatoms. The molecule has 1 amide bonds. The molecule has 2 aliphatic rings. The Balaban J connectivity index is 1.49. The molecule has 1 saturated carbocycles. The fourth-order valence-corrected chi connectivity index (χ4v) is 4.26. The maximum Gasteiger partial charge on any atom is 0.410 e. The molecule has 1 spiro atoms. The van der Waals surface area contributed by atoms with Crippen molar-refractivity contribution < 1.29 is 9.53 Å². The number of hydrogen-bond donors (Lipinski definition) is 1. The molecule has 2 heterocycles. The van der Waals surface area contributed by atoms with Gasteiger partial charge >= 0.3 is 6.09 Å². The number of piperidine rings is 1. The van der Waals surface area contributed by atoms with Crippen LogP contribution in [0.3, 0.4) is 0 Å². The Bertz CT molecular complexity index is 671. The van der Waals surface area contributed by atoms with Crippen LogP contribution < -0.4 is 5.32 Å². The van der Waals surface area contributed by atoms with Crippen LogP contribution in [0.5, 0.6) is 0 Å². The molecule has 1 aromatic rings. The van der Waals surface area contributed by atoms with Crippen LogP contribution in [-0.2, 0) is 4.74 Å². The van der Waals surface area contributed by atoms with Crippen molar-refractivity contribution in [2.45, 2.75) is 77.9 Å². The standard InChI is InChI=1S/C20H31ClN4O2/c1-14-13-22-17(21)24-16(14)23-15-5-7-20(8-6-15)9-11-25(12-10-20)18(26)27-19(2,3)4/h13,15H,5-12H2,1-4H3,(H,22,23,24). The third-order valence-corrected chi connectivity index (χ3v) is 5.99. The predicted molar refractivity (Wildman–Crippen MR) is 107 cm³/mol. The number of anilines is 1. The fraction of sp³-hybridized carbons (Fsp3) is 0.750. The summed E-state index contributed by atoms with van der Waals surface area (Å²) in [5.74, 6) is 0.843. The van der Waals surface area contributed by atoms with Crippen molar-refractivity contribution in [3.8, 4) is 0 Å². The Morgan fingerprint density at radius 2 is 1.89 bits per heavy atom. The molecule has 0 bridgehead atoms. The molecular weight excluding hydrogens is 364 g/mol. The number of ether oxygens (including phenoxy) is 1. The second-order valence-electron chi connectivity index (χ2n) is 9.06. The van der Waals surface area contributed by atoms with Gasteiger partial charge in [0.15, 0.2) is 0 Å². The zero-order chi connectivity index (χ0) is 19.7. The van der Waals surface area contributed by atoms with Crippen LogP contribution in [0.2, 0.25) is 5.28 Å². The second kappa shape index (κ2) is 7.82. The normalized spacial score (nSPS) is 20.6. The summed E-state index contributed by atoms with van der Waals surface area (Å²) in [7, 11) is 0. The Labute approximate surface area is 167 Å². The number of carbonyl (C=O) groups excluding carboxylic acids is 1. The van der Waals surface area contributed by atoms with E-state index < -0.39 is 5.60 Å². The highest BCUT2D eigenvalue weighted by Gasteiger charge is 2.39. The Morgan fingerprint density at radius 1 is 1.26 bits per heavy atom. The van der Waals surface area contributed by atoms with E-state index in [1.54, 1.807) is 6.20 Å². The lowest BCUT2D eigenvalue weighted by Crippen LogP contribution is -2.47. The molecular formula is C20H31ClN4O2. The molecule has 0 unspecified atom stereocenters. The highest BCUT2D eigenvalue weighted by Crippen LogP contribution is 2.45. The van der Waals surface area contributed by atoms with Gasteiger partial charge in [-0.15, -0.1) is 0 Å². The van der Waals surface area contributed by atoms with Gasteiger partial charge in [0.1, 0.15) is 11.4 Å². The van der Waals surface area contributed by atoms with Crippen LogP contribution in [0.15, 0.2) is 6.20 Å². The molecule has 1 aliphatic carbocycles. The second-order valence-corrected chi connectivity index (χ2v) is 9.39. The molecule has 27 heavy (non-hydrogen) atoms. The lowest BCUT2D eigenvalue weighted by molar-refractivity contribution is 0.00394. The molecule has 0 radical (unpaired) electrons. The summed E-state index contributed by atoms with van der Waals surface area (Å²) in [4.78, 5) is 22.5. The molecule has 0 aromatic carbocycles. The minimum Gasteiger partial charge on any atom is -0.444 e. The van der Waals surface area contributed by atoms with Gasteiger partial charge in [-0.25, -0.2) is 14.8 Å². The summed E-state index contributed by atoms with van der Waals surface area (Å²) in [5, 5.41) is 3.83. The number of nitrogens with zero attached hydrogens (tertiary/aromatic N) is 3. The zero-order valence-corrected chi connectivity index (χ0v) is 17.6. The fourth-order valence-electron chi connectivity index (χ4n) is 4.12. The first-order valence-corrected chi connectivity index (χ1v) is 10.3. The minimum absolute atomic E-state index is 0.177. The first kappa shape index (κ1) is 20.2. The summed E-state index contributed by atoms with van der Waals surface area (Å²) in [6, 6.07) is 0.421. The van der Waals surface area contributed by atoms with Gasteiger partial charge < -0.3 is 15.0 Å².